The highest BCUT2D eigenvalue weighted by Crippen LogP contribution is 2.36. The van der Waals surface area contributed by atoms with Crippen LogP contribution < -0.4 is 0 Å². The van der Waals surface area contributed by atoms with E-state index in [4.69, 9.17) is 9.47 Å². The number of carbonyl (C=O) groups is 4. The summed E-state index contributed by atoms with van der Waals surface area (Å²) in [6.45, 7) is 3.25. The number of carbonyl (C=O) groups excluding carboxylic acids is 4. The number of hydrogen-bond acceptors (Lipinski definition) is 6. The predicted octanol–water partition coefficient (Wildman–Crippen LogP) is 1.33. The molecule has 136 valence electrons. The molecule has 2 heterocycles. The van der Waals surface area contributed by atoms with Gasteiger partial charge in [-0.25, -0.2) is 9.59 Å². The second-order valence-corrected chi connectivity index (χ2v) is 6.13. The summed E-state index contributed by atoms with van der Waals surface area (Å²) in [6.07, 6.45) is 0. The maximum atomic E-state index is 13.2. The lowest BCUT2D eigenvalue weighted by Gasteiger charge is -2.15. The first kappa shape index (κ1) is 17.7. The van der Waals surface area contributed by atoms with Gasteiger partial charge in [0.15, 0.2) is 0 Å². The van der Waals surface area contributed by atoms with Crippen LogP contribution in [-0.4, -0.2) is 46.9 Å². The number of fused-ring (bicyclic) bond motifs is 2. The Kier molecular flexibility index (Phi) is 3.86. The molecule has 1 aliphatic carbocycles. The second-order valence-electron chi connectivity index (χ2n) is 6.13. The molecule has 0 radical (unpaired) electrons. The summed E-state index contributed by atoms with van der Waals surface area (Å²) in [4.78, 5) is 50.9. The average Bonchev–Trinajstić information content (AvgIpc) is 3.04. The van der Waals surface area contributed by atoms with Crippen LogP contribution in [0.5, 0.6) is 0 Å². The van der Waals surface area contributed by atoms with Crippen molar-refractivity contribution in [1.29, 1.82) is 0 Å². The molecule has 0 amide bonds. The van der Waals surface area contributed by atoms with E-state index in [0.717, 1.165) is 0 Å². The van der Waals surface area contributed by atoms with E-state index in [-0.39, 0.29) is 33.6 Å². The lowest BCUT2D eigenvalue weighted by Crippen LogP contribution is -2.26. The minimum atomic E-state index is -0.692. The maximum Gasteiger partial charge on any atom is 0.340 e. The lowest BCUT2D eigenvalue weighted by atomic mass is 9.88. The molecular weight excluding hydrogens is 340 g/mol. The molecule has 0 saturated heterocycles. The van der Waals surface area contributed by atoms with Gasteiger partial charge in [0.05, 0.1) is 36.5 Å². The van der Waals surface area contributed by atoms with E-state index in [1.807, 2.05) is 0 Å². The van der Waals surface area contributed by atoms with Crippen LogP contribution >= 0.6 is 0 Å². The first-order valence-electron chi connectivity index (χ1n) is 7.83. The van der Waals surface area contributed by atoms with Crippen molar-refractivity contribution < 1.29 is 28.7 Å². The molecule has 2 aromatic rings. The van der Waals surface area contributed by atoms with Crippen molar-refractivity contribution in [1.82, 2.24) is 9.13 Å². The van der Waals surface area contributed by atoms with Gasteiger partial charge in [-0.3, -0.25) is 9.59 Å². The van der Waals surface area contributed by atoms with Crippen molar-refractivity contribution in [3.8, 4) is 0 Å². The van der Waals surface area contributed by atoms with Gasteiger partial charge in [-0.2, -0.15) is 0 Å². The zero-order valence-corrected chi connectivity index (χ0v) is 15.3. The van der Waals surface area contributed by atoms with Gasteiger partial charge >= 0.3 is 11.9 Å². The van der Waals surface area contributed by atoms with Crippen LogP contribution in [0.15, 0.2) is 0 Å². The number of aromatic nitrogens is 2. The van der Waals surface area contributed by atoms with Gasteiger partial charge < -0.3 is 18.6 Å². The molecule has 0 aromatic carbocycles. The van der Waals surface area contributed by atoms with Gasteiger partial charge in [-0.05, 0) is 13.8 Å². The van der Waals surface area contributed by atoms with Crippen LogP contribution in [0.3, 0.4) is 0 Å². The Morgan fingerprint density at radius 1 is 0.731 bits per heavy atom. The summed E-state index contributed by atoms with van der Waals surface area (Å²) in [5.74, 6) is -2.38. The second kappa shape index (κ2) is 5.69. The number of hydrogen-bond donors (Lipinski definition) is 0. The Morgan fingerprint density at radius 3 is 1.31 bits per heavy atom. The maximum absolute atomic E-state index is 13.2. The van der Waals surface area contributed by atoms with Crippen molar-refractivity contribution in [3.05, 3.63) is 45.0 Å². The van der Waals surface area contributed by atoms with E-state index in [0.29, 0.717) is 11.4 Å². The van der Waals surface area contributed by atoms with Crippen LogP contribution in [0.1, 0.15) is 64.2 Å². The molecule has 0 aliphatic heterocycles. The fourth-order valence-electron chi connectivity index (χ4n) is 3.52. The predicted molar refractivity (Wildman–Crippen MR) is 89.8 cm³/mol. The van der Waals surface area contributed by atoms with Crippen LogP contribution in [0, 0.1) is 13.8 Å². The molecule has 8 nitrogen and oxygen atoms in total. The van der Waals surface area contributed by atoms with E-state index >= 15 is 0 Å². The number of nitrogens with zero attached hydrogens (tertiary/aromatic N) is 2. The zero-order valence-electron chi connectivity index (χ0n) is 15.3. The standard InChI is InChI=1S/C18H18N2O6/c1-7-9(17(23)25-5)11-13(19(7)3)16(22)12-10(18(24)26-6)8(2)20(4)14(12)15(11)21/h1-6H3. The molecule has 2 aromatic heterocycles. The van der Waals surface area contributed by atoms with Crippen LogP contribution in [0.2, 0.25) is 0 Å². The van der Waals surface area contributed by atoms with E-state index in [9.17, 15) is 19.2 Å². The SMILES string of the molecule is COC(=O)c1c2c(n(C)c1C)C(=O)c1c(C(=O)OC)c(C)n(C)c1C2=O. The average molecular weight is 358 g/mol. The molecule has 3 rings (SSSR count). The summed E-state index contributed by atoms with van der Waals surface area (Å²) in [7, 11) is 5.60. The normalized spacial score (nSPS) is 12.7. The van der Waals surface area contributed by atoms with Gasteiger partial charge in [0.1, 0.15) is 11.4 Å². The topological polar surface area (TPSA) is 96.6 Å². The molecule has 0 spiro atoms. The van der Waals surface area contributed by atoms with Crippen molar-refractivity contribution in [3.63, 3.8) is 0 Å². The molecule has 8 heteroatoms. The quantitative estimate of drug-likeness (QED) is 0.641. The summed E-state index contributed by atoms with van der Waals surface area (Å²) >= 11 is 0. The summed E-state index contributed by atoms with van der Waals surface area (Å²) in [5, 5.41) is 0. The van der Waals surface area contributed by atoms with Crippen molar-refractivity contribution >= 4 is 23.5 Å². The van der Waals surface area contributed by atoms with Crippen molar-refractivity contribution in [2.24, 2.45) is 14.1 Å². The molecule has 1 aliphatic rings. The van der Waals surface area contributed by atoms with E-state index in [1.165, 1.54) is 23.4 Å². The molecule has 0 saturated carbocycles. The van der Waals surface area contributed by atoms with Crippen LogP contribution in [0.4, 0.5) is 0 Å². The van der Waals surface area contributed by atoms with Crippen molar-refractivity contribution in [2.45, 2.75) is 13.8 Å². The Hall–Kier alpha value is -3.16. The Labute approximate surface area is 149 Å². The Morgan fingerprint density at radius 2 is 1.04 bits per heavy atom. The Balaban J connectivity index is 2.43. The number of methoxy groups -OCH3 is 2. The highest BCUT2D eigenvalue weighted by Gasteiger charge is 2.43. The minimum absolute atomic E-state index is 0.00589. The summed E-state index contributed by atoms with van der Waals surface area (Å²) in [6, 6.07) is 0. The van der Waals surface area contributed by atoms with Gasteiger partial charge in [0.2, 0.25) is 11.6 Å². The molecular formula is C18H18N2O6. The third-order valence-electron chi connectivity index (χ3n) is 5.04. The fourth-order valence-corrected chi connectivity index (χ4v) is 3.52. The Bertz CT molecular complexity index is 939. The fraction of sp³-hybridized carbons (Fsp3) is 0.333. The molecule has 0 unspecified atom stereocenters. The molecule has 26 heavy (non-hydrogen) atoms. The van der Waals surface area contributed by atoms with Gasteiger partial charge in [0.25, 0.3) is 0 Å². The number of ketones is 2. The first-order valence-corrected chi connectivity index (χ1v) is 7.83. The monoisotopic (exact) mass is 358 g/mol. The van der Waals surface area contributed by atoms with Gasteiger partial charge in [-0.15, -0.1) is 0 Å². The number of rotatable bonds is 2. The van der Waals surface area contributed by atoms with Gasteiger partial charge in [-0.1, -0.05) is 0 Å². The summed E-state index contributed by atoms with van der Waals surface area (Å²) in [5.41, 5.74) is 1.14. The van der Waals surface area contributed by atoms with Crippen LogP contribution in [-0.2, 0) is 23.6 Å². The molecule has 0 atom stereocenters. The third kappa shape index (κ3) is 1.95. The molecule has 0 N–H and O–H groups in total. The highest BCUT2D eigenvalue weighted by molar-refractivity contribution is 6.32. The molecule has 0 bridgehead atoms. The lowest BCUT2D eigenvalue weighted by molar-refractivity contribution is 0.0588. The van der Waals surface area contributed by atoms with E-state index in [1.54, 1.807) is 27.9 Å². The summed E-state index contributed by atoms with van der Waals surface area (Å²) < 4.78 is 12.5. The smallest absolute Gasteiger partial charge is 0.340 e. The number of ether oxygens (including phenoxy) is 2. The third-order valence-corrected chi connectivity index (χ3v) is 5.04. The van der Waals surface area contributed by atoms with Crippen molar-refractivity contribution in [2.75, 3.05) is 14.2 Å². The van der Waals surface area contributed by atoms with E-state index in [2.05, 4.69) is 0 Å². The zero-order chi connectivity index (χ0) is 19.5. The minimum Gasteiger partial charge on any atom is -0.465 e. The number of esters is 2. The van der Waals surface area contributed by atoms with Gasteiger partial charge in [0, 0.05) is 25.5 Å². The van der Waals surface area contributed by atoms with E-state index < -0.39 is 23.5 Å². The first-order chi connectivity index (χ1) is 12.2. The van der Waals surface area contributed by atoms with Crippen LogP contribution in [0.25, 0.3) is 0 Å². The largest absolute Gasteiger partial charge is 0.465 e. The highest BCUT2D eigenvalue weighted by atomic mass is 16.5. The molecule has 0 fully saturated rings.